The molecule has 1 saturated heterocycles. The van der Waals surface area contributed by atoms with E-state index in [1.165, 1.54) is 10.5 Å². The van der Waals surface area contributed by atoms with Crippen LogP contribution in [0.4, 0.5) is 4.79 Å². The fourth-order valence-corrected chi connectivity index (χ4v) is 5.07. The minimum atomic E-state index is -0.305. The van der Waals surface area contributed by atoms with Crippen molar-refractivity contribution in [3.63, 3.8) is 0 Å². The van der Waals surface area contributed by atoms with Gasteiger partial charge >= 0.3 is 0 Å². The first-order valence-corrected chi connectivity index (χ1v) is 13.1. The number of benzene rings is 4. The van der Waals surface area contributed by atoms with E-state index in [2.05, 4.69) is 0 Å². The maximum absolute atomic E-state index is 13.1. The van der Waals surface area contributed by atoms with Crippen LogP contribution in [0.1, 0.15) is 16.7 Å². The number of ether oxygens (including phenoxy) is 3. The van der Waals surface area contributed by atoms with Crippen molar-refractivity contribution in [1.29, 1.82) is 0 Å². The maximum Gasteiger partial charge on any atom is 0.293 e. The van der Waals surface area contributed by atoms with Crippen LogP contribution in [0.5, 0.6) is 17.2 Å². The molecule has 0 atom stereocenters. The highest BCUT2D eigenvalue weighted by atomic mass is 32.2. The summed E-state index contributed by atoms with van der Waals surface area (Å²) in [6.07, 6.45) is 1.71. The number of rotatable bonds is 9. The molecule has 0 saturated carbocycles. The van der Waals surface area contributed by atoms with Crippen LogP contribution in [-0.2, 0) is 11.3 Å². The number of fused-ring (bicyclic) bond motifs is 1. The van der Waals surface area contributed by atoms with Crippen LogP contribution in [0.2, 0.25) is 0 Å². The molecular weight excluding hydrogens is 498 g/mol. The molecule has 0 bridgehead atoms. The molecule has 1 aliphatic heterocycles. The molecule has 4 aromatic rings. The number of amides is 2. The fourth-order valence-electron chi connectivity index (χ4n) is 4.23. The number of imide groups is 1. The zero-order valence-corrected chi connectivity index (χ0v) is 22.0. The third-order valence-electron chi connectivity index (χ3n) is 6.20. The number of aryl methyl sites for hydroxylation is 1. The van der Waals surface area contributed by atoms with Crippen molar-refractivity contribution in [3.8, 4) is 17.2 Å². The van der Waals surface area contributed by atoms with Crippen molar-refractivity contribution < 1.29 is 23.8 Å². The predicted octanol–water partition coefficient (Wildman–Crippen LogP) is 6.85. The molecule has 0 radical (unpaired) electrons. The molecule has 1 heterocycles. The second kappa shape index (κ2) is 11.4. The minimum absolute atomic E-state index is 0.226. The second-order valence-electron chi connectivity index (χ2n) is 8.83. The summed E-state index contributed by atoms with van der Waals surface area (Å²) in [5.74, 6) is 1.58. The van der Waals surface area contributed by atoms with Crippen molar-refractivity contribution in [3.05, 3.63) is 107 Å². The number of carbonyl (C=O) groups is 2. The van der Waals surface area contributed by atoms with Gasteiger partial charge in [-0.2, -0.15) is 0 Å². The average Bonchev–Trinajstić information content (AvgIpc) is 3.20. The Labute approximate surface area is 225 Å². The standard InChI is InChI=1S/C31H27NO5S/c1-21-10-13-25(14-11-21)36-16-17-37-27-15-12-22(18-28(27)35-2)19-29-30(33)32(31(34)38-29)20-24-8-5-7-23-6-3-4-9-26(23)24/h3-15,18-19H,16-17,20H2,1-2H3/b29-19-. The van der Waals surface area contributed by atoms with E-state index in [0.717, 1.165) is 39.4 Å². The summed E-state index contributed by atoms with van der Waals surface area (Å²) in [6, 6.07) is 27.1. The van der Waals surface area contributed by atoms with Crippen LogP contribution in [0.3, 0.4) is 0 Å². The first-order valence-electron chi connectivity index (χ1n) is 12.2. The van der Waals surface area contributed by atoms with Crippen LogP contribution in [-0.4, -0.2) is 36.4 Å². The van der Waals surface area contributed by atoms with Crippen molar-refractivity contribution >= 4 is 39.8 Å². The highest BCUT2D eigenvalue weighted by Crippen LogP contribution is 2.36. The molecule has 6 nitrogen and oxygen atoms in total. The summed E-state index contributed by atoms with van der Waals surface area (Å²) in [4.78, 5) is 27.5. The zero-order valence-electron chi connectivity index (χ0n) is 21.2. The van der Waals surface area contributed by atoms with Gasteiger partial charge in [-0.3, -0.25) is 14.5 Å². The molecule has 4 aromatic carbocycles. The Hall–Kier alpha value is -4.23. The Bertz CT molecular complexity index is 1510. The molecule has 7 heteroatoms. The minimum Gasteiger partial charge on any atom is -0.493 e. The first kappa shape index (κ1) is 25.4. The van der Waals surface area contributed by atoms with Gasteiger partial charge in [0, 0.05) is 0 Å². The molecule has 0 N–H and O–H groups in total. The third kappa shape index (κ3) is 5.68. The smallest absolute Gasteiger partial charge is 0.293 e. The van der Waals surface area contributed by atoms with Gasteiger partial charge < -0.3 is 14.2 Å². The van der Waals surface area contributed by atoms with Gasteiger partial charge in [0.1, 0.15) is 19.0 Å². The van der Waals surface area contributed by atoms with Gasteiger partial charge in [0.15, 0.2) is 11.5 Å². The SMILES string of the molecule is COc1cc(/C=C2\SC(=O)N(Cc3cccc4ccccc34)C2=O)ccc1OCCOc1ccc(C)cc1. The highest BCUT2D eigenvalue weighted by Gasteiger charge is 2.35. The van der Waals surface area contributed by atoms with Crippen molar-refractivity contribution in [2.45, 2.75) is 13.5 Å². The van der Waals surface area contributed by atoms with Gasteiger partial charge in [-0.05, 0) is 70.9 Å². The molecule has 0 aliphatic carbocycles. The van der Waals surface area contributed by atoms with E-state index in [1.54, 1.807) is 25.3 Å². The largest absolute Gasteiger partial charge is 0.493 e. The monoisotopic (exact) mass is 525 g/mol. The summed E-state index contributed by atoms with van der Waals surface area (Å²) < 4.78 is 17.1. The number of hydrogen-bond acceptors (Lipinski definition) is 6. The van der Waals surface area contributed by atoms with E-state index in [9.17, 15) is 9.59 Å². The van der Waals surface area contributed by atoms with E-state index in [4.69, 9.17) is 14.2 Å². The second-order valence-corrected chi connectivity index (χ2v) is 9.82. The lowest BCUT2D eigenvalue weighted by Crippen LogP contribution is -2.27. The number of thioether (sulfide) groups is 1. The first-order chi connectivity index (χ1) is 18.5. The molecule has 0 unspecified atom stereocenters. The van der Waals surface area contributed by atoms with Crippen LogP contribution >= 0.6 is 11.8 Å². The lowest BCUT2D eigenvalue weighted by molar-refractivity contribution is -0.123. The van der Waals surface area contributed by atoms with Gasteiger partial charge in [-0.1, -0.05) is 66.2 Å². The molecule has 38 heavy (non-hydrogen) atoms. The van der Waals surface area contributed by atoms with E-state index in [0.29, 0.717) is 29.6 Å². The predicted molar refractivity (Wildman–Crippen MR) is 151 cm³/mol. The van der Waals surface area contributed by atoms with Crippen molar-refractivity contribution in [2.75, 3.05) is 20.3 Å². The molecule has 192 valence electrons. The van der Waals surface area contributed by atoms with E-state index < -0.39 is 0 Å². The fraction of sp³-hybridized carbons (Fsp3) is 0.161. The summed E-state index contributed by atoms with van der Waals surface area (Å²) in [7, 11) is 1.56. The topological polar surface area (TPSA) is 65.1 Å². The van der Waals surface area contributed by atoms with E-state index in [-0.39, 0.29) is 17.7 Å². The van der Waals surface area contributed by atoms with Crippen LogP contribution in [0.15, 0.2) is 89.8 Å². The summed E-state index contributed by atoms with van der Waals surface area (Å²) in [5, 5.41) is 1.82. The molecule has 0 spiro atoms. The van der Waals surface area contributed by atoms with Crippen molar-refractivity contribution in [1.82, 2.24) is 4.90 Å². The van der Waals surface area contributed by atoms with Gasteiger partial charge in [0.05, 0.1) is 18.6 Å². The third-order valence-corrected chi connectivity index (χ3v) is 7.11. The Morgan fingerprint density at radius 2 is 1.61 bits per heavy atom. The highest BCUT2D eigenvalue weighted by molar-refractivity contribution is 8.18. The lowest BCUT2D eigenvalue weighted by Gasteiger charge is -2.14. The lowest BCUT2D eigenvalue weighted by atomic mass is 10.0. The summed E-state index contributed by atoms with van der Waals surface area (Å²) in [6.45, 7) is 2.98. The normalized spacial score (nSPS) is 14.4. The molecule has 5 rings (SSSR count). The molecule has 1 aliphatic rings. The zero-order chi connectivity index (χ0) is 26.5. The maximum atomic E-state index is 13.1. The Balaban J connectivity index is 1.25. The van der Waals surface area contributed by atoms with Crippen LogP contribution < -0.4 is 14.2 Å². The molecular formula is C31H27NO5S. The number of hydrogen-bond donors (Lipinski definition) is 0. The van der Waals surface area contributed by atoms with E-state index >= 15 is 0 Å². The molecule has 2 amide bonds. The number of carbonyl (C=O) groups excluding carboxylic acids is 2. The Morgan fingerprint density at radius 3 is 2.42 bits per heavy atom. The van der Waals surface area contributed by atoms with Gasteiger partial charge in [-0.15, -0.1) is 0 Å². The summed E-state index contributed by atoms with van der Waals surface area (Å²) in [5.41, 5.74) is 2.84. The number of methoxy groups -OCH3 is 1. The number of nitrogens with zero attached hydrogens (tertiary/aromatic N) is 1. The summed E-state index contributed by atoms with van der Waals surface area (Å²) >= 11 is 0.944. The van der Waals surface area contributed by atoms with E-state index in [1.807, 2.05) is 79.7 Å². The molecule has 0 aromatic heterocycles. The Morgan fingerprint density at radius 1 is 0.842 bits per heavy atom. The van der Waals surface area contributed by atoms with Crippen LogP contribution in [0.25, 0.3) is 16.8 Å². The van der Waals surface area contributed by atoms with Crippen LogP contribution in [0, 0.1) is 6.92 Å². The average molecular weight is 526 g/mol. The van der Waals surface area contributed by atoms with Gasteiger partial charge in [-0.25, -0.2) is 0 Å². The Kier molecular flexibility index (Phi) is 7.65. The van der Waals surface area contributed by atoms with Gasteiger partial charge in [0.25, 0.3) is 11.1 Å². The van der Waals surface area contributed by atoms with Gasteiger partial charge in [0.2, 0.25) is 0 Å². The van der Waals surface area contributed by atoms with Crippen molar-refractivity contribution in [2.24, 2.45) is 0 Å². The quantitative estimate of drug-likeness (QED) is 0.176. The molecule has 1 fully saturated rings.